The van der Waals surface area contributed by atoms with Gasteiger partial charge in [0, 0.05) is 46.1 Å². The van der Waals surface area contributed by atoms with E-state index in [-0.39, 0.29) is 64.4 Å². The molecule has 1 aliphatic rings. The van der Waals surface area contributed by atoms with Crippen molar-refractivity contribution in [3.63, 3.8) is 0 Å². The Bertz CT molecular complexity index is 2470. The van der Waals surface area contributed by atoms with E-state index in [4.69, 9.17) is 39.4 Å². The van der Waals surface area contributed by atoms with E-state index in [1.165, 1.54) is 6.92 Å². The molecule has 1 aromatic carbocycles. The number of hydrogen-bond acceptors (Lipinski definition) is 19. The molecule has 0 bridgehead atoms. The van der Waals surface area contributed by atoms with E-state index in [1.807, 2.05) is 10.4 Å². The number of nitrogens with two attached hydrogens (primary N) is 1. The number of aromatic amines is 1. The van der Waals surface area contributed by atoms with Crippen molar-refractivity contribution in [3.8, 4) is 0 Å². The highest BCUT2D eigenvalue weighted by Crippen LogP contribution is 2.37. The van der Waals surface area contributed by atoms with Gasteiger partial charge in [0.05, 0.1) is 6.61 Å². The van der Waals surface area contributed by atoms with Crippen molar-refractivity contribution in [1.82, 2.24) is 41.6 Å². The van der Waals surface area contributed by atoms with Gasteiger partial charge in [-0.25, -0.2) is 24.6 Å². The molecule has 10 N–H and O–H groups in total. The number of amides is 4. The summed E-state index contributed by atoms with van der Waals surface area (Å²) in [6.45, 7) is 11.1. The van der Waals surface area contributed by atoms with E-state index in [2.05, 4.69) is 31.6 Å². The number of rotatable bonds is 29. The van der Waals surface area contributed by atoms with Gasteiger partial charge in [0.1, 0.15) is 41.8 Å². The number of esters is 5. The molecule has 0 aliphatic carbocycles. The average molecular weight is 1080 g/mol. The molecule has 1 fully saturated rings. The minimum atomic E-state index is -1.71. The van der Waals surface area contributed by atoms with Crippen LogP contribution in [0.1, 0.15) is 92.9 Å². The first-order chi connectivity index (χ1) is 35.9. The van der Waals surface area contributed by atoms with Gasteiger partial charge in [-0.15, -0.1) is 0 Å². The molecule has 29 heteroatoms. The number of hydrazine groups is 1. The number of guanidine groups is 1. The zero-order valence-corrected chi connectivity index (χ0v) is 43.6. The predicted octanol–water partition coefficient (Wildman–Crippen LogP) is -1.01. The lowest BCUT2D eigenvalue weighted by atomic mass is 9.98. The quantitative estimate of drug-likeness (QED) is 0.0118. The molecule has 2 aromatic rings. The number of nitrogens with one attached hydrogen (secondary N) is 7. The van der Waals surface area contributed by atoms with Crippen molar-refractivity contribution >= 4 is 53.7 Å². The fraction of sp³-hybridized carbons (Fsp3) is 0.596. The van der Waals surface area contributed by atoms with Crippen molar-refractivity contribution in [2.45, 2.75) is 142 Å². The number of H-pyrrole nitrogens is 1. The van der Waals surface area contributed by atoms with E-state index in [0.717, 1.165) is 43.2 Å². The lowest BCUT2D eigenvalue weighted by Gasteiger charge is -2.32. The van der Waals surface area contributed by atoms with E-state index in [9.17, 15) is 52.9 Å². The van der Waals surface area contributed by atoms with Crippen molar-refractivity contribution < 1.29 is 77.0 Å². The molecule has 0 spiro atoms. The summed E-state index contributed by atoms with van der Waals surface area (Å²) in [7, 11) is 0. The van der Waals surface area contributed by atoms with E-state index >= 15 is 0 Å². The number of carbonyl (C=O) groups is 8. The zero-order valence-electron chi connectivity index (χ0n) is 43.6. The molecule has 3 rings (SSSR count). The van der Waals surface area contributed by atoms with Gasteiger partial charge in [-0.3, -0.25) is 43.1 Å². The SMILES string of the molecule is CCOC(=O)C(NCCCNC(=O)C(CC(C)C)NC(=O)C(CCCN=C(N)N[N+](=O)O)NC(=O)NC(C(=O)OCc1ccccc1)C(C)C)C(OC(C)=O)C1OC(n2ccc(=O)[nH]c2=O)C(OC(C)=O)C1OC(C)=O. The summed E-state index contributed by atoms with van der Waals surface area (Å²) < 4.78 is 34.4. The van der Waals surface area contributed by atoms with E-state index in [1.54, 1.807) is 58.0 Å². The molecule has 4 amide bonds. The molecule has 1 aromatic heterocycles. The molecule has 420 valence electrons. The fourth-order valence-corrected chi connectivity index (χ4v) is 7.72. The Kier molecular flexibility index (Phi) is 25.5. The van der Waals surface area contributed by atoms with Crippen molar-refractivity contribution in [2.75, 3.05) is 26.2 Å². The van der Waals surface area contributed by atoms with Crippen LogP contribution in [0.3, 0.4) is 0 Å². The number of aromatic nitrogens is 2. The maximum absolute atomic E-state index is 14.0. The van der Waals surface area contributed by atoms with Crippen LogP contribution in [0.2, 0.25) is 0 Å². The van der Waals surface area contributed by atoms with E-state index < -0.39 is 131 Å². The van der Waals surface area contributed by atoms with Gasteiger partial charge < -0.3 is 60.7 Å². The minimum Gasteiger partial charge on any atom is -0.465 e. The molecule has 0 saturated carbocycles. The summed E-state index contributed by atoms with van der Waals surface area (Å²) in [4.78, 5) is 147. The number of ether oxygens (including phenoxy) is 6. The summed E-state index contributed by atoms with van der Waals surface area (Å²) >= 11 is 0. The summed E-state index contributed by atoms with van der Waals surface area (Å²) in [6.07, 6.45) is -6.93. The fourth-order valence-electron chi connectivity index (χ4n) is 7.72. The standard InChI is InChI=1S/C47H69N11O18/c1-9-71-44(66)35(36(73-27(6)59)37-38(74-28(7)60)39(75-29(8)61)42(76-37)57-22-18-33(62)54-47(57)68)49-20-14-21-50-40(63)32(23-25(2)3)52-41(64)31(17-13-19-51-45(48)56-58(69)70)53-46(67)55-34(26(4)5)43(65)72-24-30-15-11-10-12-16-30/h10-12,15-16,18,22,25-26,31-32,34-39,42,49H,9,13-14,17,19-21,23-24H2,1-8H3,(H8-,48,50,51,52,53,54,55,56,62,63,64,67,68,69,70)/p+1. The van der Waals surface area contributed by atoms with Crippen LogP contribution in [0.15, 0.2) is 57.2 Å². The normalized spacial score (nSPS) is 18.2. The monoisotopic (exact) mass is 1080 g/mol. The molecular formula is C47H70N11O18+. The molecule has 76 heavy (non-hydrogen) atoms. The van der Waals surface area contributed by atoms with Gasteiger partial charge in [0.25, 0.3) is 11.5 Å². The van der Waals surface area contributed by atoms with Crippen LogP contribution < -0.4 is 49.0 Å². The second-order valence-corrected chi connectivity index (χ2v) is 18.0. The Labute approximate surface area is 436 Å². The number of urea groups is 1. The van der Waals surface area contributed by atoms with Gasteiger partial charge >= 0.3 is 46.6 Å². The topological polar surface area (TPSA) is 398 Å². The lowest BCUT2D eigenvalue weighted by molar-refractivity contribution is -0.822. The molecule has 29 nitrogen and oxygen atoms in total. The third kappa shape index (κ3) is 20.8. The number of nitrogens with zero attached hydrogens (tertiary/aromatic N) is 3. The highest BCUT2D eigenvalue weighted by atomic mass is 16.7. The van der Waals surface area contributed by atoms with Gasteiger partial charge in [0.2, 0.25) is 11.8 Å². The minimum absolute atomic E-state index is 0.0561. The highest BCUT2D eigenvalue weighted by Gasteiger charge is 2.57. The third-order valence-electron chi connectivity index (χ3n) is 11.0. The maximum Gasteiger partial charge on any atom is 0.362 e. The number of benzene rings is 1. The summed E-state index contributed by atoms with van der Waals surface area (Å²) in [5.41, 5.74) is 6.32. The molecule has 1 aliphatic heterocycles. The Balaban J connectivity index is 1.82. The van der Waals surface area contributed by atoms with Gasteiger partial charge in [0.15, 0.2) is 24.5 Å². The van der Waals surface area contributed by atoms with Crippen LogP contribution in [0.25, 0.3) is 0 Å². The predicted molar refractivity (Wildman–Crippen MR) is 264 cm³/mol. The average Bonchev–Trinajstić information content (AvgIpc) is 3.65. The Hall–Kier alpha value is -7.95. The first-order valence-corrected chi connectivity index (χ1v) is 24.4. The maximum atomic E-state index is 14.0. The summed E-state index contributed by atoms with van der Waals surface area (Å²) in [6, 6.07) is 3.72. The Morgan fingerprint density at radius 1 is 0.829 bits per heavy atom. The Morgan fingerprint density at radius 2 is 1.49 bits per heavy atom. The van der Waals surface area contributed by atoms with Gasteiger partial charge in [-0.1, -0.05) is 58.0 Å². The van der Waals surface area contributed by atoms with Crippen LogP contribution in [-0.2, 0) is 68.6 Å². The summed E-state index contributed by atoms with van der Waals surface area (Å²) in [5, 5.41) is 21.7. The molecule has 1 saturated heterocycles. The number of carbonyl (C=O) groups excluding carboxylic acids is 8. The van der Waals surface area contributed by atoms with Crippen molar-refractivity contribution in [2.24, 2.45) is 22.6 Å². The molecule has 9 atom stereocenters. The molecule has 9 unspecified atom stereocenters. The molecule has 0 radical (unpaired) electrons. The second kappa shape index (κ2) is 31.1. The first kappa shape index (κ1) is 62.3. The van der Waals surface area contributed by atoms with Gasteiger partial charge in [-0.2, -0.15) is 0 Å². The Morgan fingerprint density at radius 3 is 2.08 bits per heavy atom. The van der Waals surface area contributed by atoms with E-state index in [0.29, 0.717) is 0 Å². The number of aliphatic imine (C=N–C) groups is 1. The van der Waals surface area contributed by atoms with Crippen LogP contribution in [0.5, 0.6) is 0 Å². The molecule has 2 heterocycles. The van der Waals surface area contributed by atoms with Crippen LogP contribution >= 0.6 is 0 Å². The highest BCUT2D eigenvalue weighted by molar-refractivity contribution is 5.92. The van der Waals surface area contributed by atoms with Crippen LogP contribution in [0, 0.1) is 16.7 Å². The third-order valence-corrected chi connectivity index (χ3v) is 11.0. The van der Waals surface area contributed by atoms with Crippen molar-refractivity contribution in [1.29, 1.82) is 0 Å². The summed E-state index contributed by atoms with van der Waals surface area (Å²) in [5.74, 6) is -6.91. The largest absolute Gasteiger partial charge is 0.465 e. The zero-order chi connectivity index (χ0) is 56.6. The smallest absolute Gasteiger partial charge is 0.362 e. The van der Waals surface area contributed by atoms with Crippen molar-refractivity contribution in [3.05, 3.63) is 73.9 Å². The molecular weight excluding hydrogens is 1010 g/mol. The first-order valence-electron chi connectivity index (χ1n) is 24.4. The van der Waals surface area contributed by atoms with Gasteiger partial charge in [-0.05, 0) is 62.0 Å². The number of hydrogen-bond donors (Lipinski definition) is 9. The van der Waals surface area contributed by atoms with Crippen LogP contribution in [-0.4, -0.2) is 148 Å². The second-order valence-electron chi connectivity index (χ2n) is 18.0. The lowest BCUT2D eigenvalue weighted by Crippen LogP contribution is -2.58. The van der Waals surface area contributed by atoms with Crippen LogP contribution in [0.4, 0.5) is 4.79 Å².